The second kappa shape index (κ2) is 6.32. The van der Waals surface area contributed by atoms with Crippen LogP contribution in [0.4, 0.5) is 0 Å². The van der Waals surface area contributed by atoms with Crippen molar-refractivity contribution < 1.29 is 14.6 Å². The Morgan fingerprint density at radius 1 is 1.11 bits per heavy atom. The Morgan fingerprint density at radius 3 is 2.00 bits per heavy atom. The summed E-state index contributed by atoms with van der Waals surface area (Å²) in [5.41, 5.74) is -0.355. The molecule has 0 radical (unpaired) electrons. The fourth-order valence-electron chi connectivity index (χ4n) is 1.40. The van der Waals surface area contributed by atoms with Gasteiger partial charge in [0.15, 0.2) is 0 Å². The van der Waals surface area contributed by atoms with Crippen LogP contribution in [0.1, 0.15) is 33.3 Å². The molecule has 0 aliphatic carbocycles. The summed E-state index contributed by atoms with van der Waals surface area (Å²) in [6, 6.07) is 5.56. The number of ether oxygens (including phenoxy) is 2. The van der Waals surface area contributed by atoms with Gasteiger partial charge in [0.1, 0.15) is 22.7 Å². The van der Waals surface area contributed by atoms with Crippen LogP contribution < -0.4 is 9.47 Å². The van der Waals surface area contributed by atoms with E-state index in [2.05, 4.69) is 11.8 Å². The van der Waals surface area contributed by atoms with Crippen LogP contribution in [-0.4, -0.2) is 23.9 Å². The third-order valence-corrected chi connectivity index (χ3v) is 2.08. The summed E-state index contributed by atoms with van der Waals surface area (Å²) >= 11 is 0. The molecule has 98 valence electrons. The Hall–Kier alpha value is -1.66. The first-order valence-electron chi connectivity index (χ1n) is 6.12. The van der Waals surface area contributed by atoms with Crippen LogP contribution in [0.15, 0.2) is 18.2 Å². The summed E-state index contributed by atoms with van der Waals surface area (Å²) < 4.78 is 11.1. The van der Waals surface area contributed by atoms with E-state index in [0.717, 1.165) is 0 Å². The number of aliphatic hydroxyl groups is 1. The lowest BCUT2D eigenvalue weighted by Gasteiger charge is -2.12. The van der Waals surface area contributed by atoms with Gasteiger partial charge in [-0.25, -0.2) is 0 Å². The lowest BCUT2D eigenvalue weighted by molar-refractivity contribution is 0.143. The van der Waals surface area contributed by atoms with Gasteiger partial charge in [-0.15, -0.1) is 0 Å². The first kappa shape index (κ1) is 14.4. The average Bonchev–Trinajstić information content (AvgIpc) is 2.28. The van der Waals surface area contributed by atoms with Crippen LogP contribution >= 0.6 is 0 Å². The first-order chi connectivity index (χ1) is 8.48. The first-order valence-corrected chi connectivity index (χ1v) is 6.12. The molecular weight excluding hydrogens is 228 g/mol. The van der Waals surface area contributed by atoms with Crippen molar-refractivity contribution in [2.45, 2.75) is 33.3 Å². The lowest BCUT2D eigenvalue weighted by Crippen LogP contribution is -2.14. The number of hydrogen-bond donors (Lipinski definition) is 1. The molecular formula is C15H20O3. The molecule has 3 heteroatoms. The second-order valence-corrected chi connectivity index (χ2v) is 4.30. The van der Waals surface area contributed by atoms with Crippen LogP contribution in [0.5, 0.6) is 11.5 Å². The molecule has 18 heavy (non-hydrogen) atoms. The Labute approximate surface area is 109 Å². The van der Waals surface area contributed by atoms with Crippen molar-refractivity contribution in [2.24, 2.45) is 0 Å². The van der Waals surface area contributed by atoms with Gasteiger partial charge in [0.2, 0.25) is 0 Å². The van der Waals surface area contributed by atoms with Gasteiger partial charge in [0.25, 0.3) is 0 Å². The van der Waals surface area contributed by atoms with Gasteiger partial charge in [0.05, 0.1) is 13.2 Å². The normalized spacial score (nSPS) is 10.5. The summed E-state index contributed by atoms with van der Waals surface area (Å²) in [6.07, 6.45) is 0. The summed E-state index contributed by atoms with van der Waals surface area (Å²) in [6.45, 7) is 8.24. The highest BCUT2D eigenvalue weighted by Crippen LogP contribution is 2.27. The molecule has 0 saturated carbocycles. The van der Waals surface area contributed by atoms with Crippen molar-refractivity contribution in [1.29, 1.82) is 0 Å². The minimum atomic E-state index is -1.04. The molecule has 1 aromatic rings. The predicted octanol–water partition coefficient (Wildman–Crippen LogP) is 2.61. The largest absolute Gasteiger partial charge is 0.492 e. The Bertz CT molecular complexity index is 423. The van der Waals surface area contributed by atoms with Gasteiger partial charge in [-0.05, 0) is 39.8 Å². The molecule has 0 aromatic heterocycles. The fraction of sp³-hybridized carbons (Fsp3) is 0.467. The molecule has 0 atom stereocenters. The maximum absolute atomic E-state index is 9.67. The maximum Gasteiger partial charge on any atom is 0.138 e. The van der Waals surface area contributed by atoms with Gasteiger partial charge < -0.3 is 14.6 Å². The van der Waals surface area contributed by atoms with E-state index < -0.39 is 5.60 Å². The topological polar surface area (TPSA) is 38.7 Å². The molecule has 0 aliphatic rings. The molecule has 0 spiro atoms. The summed E-state index contributed by atoms with van der Waals surface area (Å²) in [5, 5.41) is 9.67. The van der Waals surface area contributed by atoms with Gasteiger partial charge in [-0.1, -0.05) is 17.9 Å². The van der Waals surface area contributed by atoms with Crippen LogP contribution in [0.3, 0.4) is 0 Å². The van der Waals surface area contributed by atoms with Crippen molar-refractivity contribution in [1.82, 2.24) is 0 Å². The van der Waals surface area contributed by atoms with E-state index in [1.807, 2.05) is 32.0 Å². The summed E-state index contributed by atoms with van der Waals surface area (Å²) in [4.78, 5) is 0. The van der Waals surface area contributed by atoms with E-state index >= 15 is 0 Å². The van der Waals surface area contributed by atoms with Gasteiger partial charge in [-0.2, -0.15) is 0 Å². The molecule has 0 aliphatic heterocycles. The number of hydrogen-bond acceptors (Lipinski definition) is 3. The van der Waals surface area contributed by atoms with Crippen LogP contribution in [-0.2, 0) is 0 Å². The minimum absolute atomic E-state index is 0.562. The highest BCUT2D eigenvalue weighted by Gasteiger charge is 2.11. The van der Waals surface area contributed by atoms with E-state index in [0.29, 0.717) is 30.3 Å². The van der Waals surface area contributed by atoms with Crippen LogP contribution in [0.2, 0.25) is 0 Å². The molecule has 1 aromatic carbocycles. The molecule has 3 nitrogen and oxygen atoms in total. The van der Waals surface area contributed by atoms with Crippen molar-refractivity contribution in [2.75, 3.05) is 13.2 Å². The van der Waals surface area contributed by atoms with E-state index in [1.165, 1.54) is 0 Å². The van der Waals surface area contributed by atoms with Crippen molar-refractivity contribution in [3.05, 3.63) is 23.8 Å². The lowest BCUT2D eigenvalue weighted by atomic mass is 10.1. The van der Waals surface area contributed by atoms with E-state index in [1.54, 1.807) is 13.8 Å². The van der Waals surface area contributed by atoms with Crippen molar-refractivity contribution in [3.63, 3.8) is 0 Å². The van der Waals surface area contributed by atoms with Gasteiger partial charge in [-0.3, -0.25) is 0 Å². The second-order valence-electron chi connectivity index (χ2n) is 4.30. The Morgan fingerprint density at radius 2 is 1.61 bits per heavy atom. The molecule has 0 fully saturated rings. The molecule has 0 heterocycles. The quantitative estimate of drug-likeness (QED) is 0.832. The molecule has 1 N–H and O–H groups in total. The van der Waals surface area contributed by atoms with E-state index in [-0.39, 0.29) is 0 Å². The average molecular weight is 248 g/mol. The zero-order chi connectivity index (χ0) is 13.6. The third kappa shape index (κ3) is 4.31. The number of rotatable bonds is 4. The SMILES string of the molecule is CCOc1cccc(OCC)c1C#CC(C)(C)O. The Kier molecular flexibility index (Phi) is 5.06. The molecule has 0 amide bonds. The highest BCUT2D eigenvalue weighted by molar-refractivity contribution is 5.55. The highest BCUT2D eigenvalue weighted by atomic mass is 16.5. The smallest absolute Gasteiger partial charge is 0.138 e. The standard InChI is InChI=1S/C15H20O3/c1-5-17-13-8-7-9-14(18-6-2)12(13)10-11-15(3,4)16/h7-9,16H,5-6H2,1-4H3. The van der Waals surface area contributed by atoms with Crippen molar-refractivity contribution >= 4 is 0 Å². The zero-order valence-corrected chi connectivity index (χ0v) is 11.4. The fourth-order valence-corrected chi connectivity index (χ4v) is 1.40. The third-order valence-electron chi connectivity index (χ3n) is 2.08. The molecule has 0 saturated heterocycles. The summed E-state index contributed by atoms with van der Waals surface area (Å²) in [5.74, 6) is 7.08. The van der Waals surface area contributed by atoms with E-state index in [9.17, 15) is 5.11 Å². The van der Waals surface area contributed by atoms with Gasteiger partial charge >= 0.3 is 0 Å². The summed E-state index contributed by atoms with van der Waals surface area (Å²) in [7, 11) is 0. The molecule has 1 rings (SSSR count). The number of benzene rings is 1. The molecule has 0 unspecified atom stereocenters. The zero-order valence-electron chi connectivity index (χ0n) is 11.4. The van der Waals surface area contributed by atoms with Crippen LogP contribution in [0, 0.1) is 11.8 Å². The van der Waals surface area contributed by atoms with Gasteiger partial charge in [0, 0.05) is 0 Å². The van der Waals surface area contributed by atoms with Crippen molar-refractivity contribution in [3.8, 4) is 23.3 Å². The Balaban J connectivity index is 3.20. The maximum atomic E-state index is 9.67. The van der Waals surface area contributed by atoms with Crippen LogP contribution in [0.25, 0.3) is 0 Å². The predicted molar refractivity (Wildman–Crippen MR) is 72.0 cm³/mol. The monoisotopic (exact) mass is 248 g/mol. The molecule has 0 bridgehead atoms. The van der Waals surface area contributed by atoms with E-state index in [4.69, 9.17) is 9.47 Å². The minimum Gasteiger partial charge on any atom is -0.492 e.